The normalized spacial score (nSPS) is 16.4. The first-order valence-electron chi connectivity index (χ1n) is 10.4. The number of hydrogen-bond acceptors (Lipinski definition) is 4. The first-order chi connectivity index (χ1) is 13.1. The number of nitrogens with zero attached hydrogens (tertiary/aromatic N) is 3. The van der Waals surface area contributed by atoms with Gasteiger partial charge in [0.25, 0.3) is 0 Å². The van der Waals surface area contributed by atoms with Crippen LogP contribution in [0.4, 0.5) is 5.82 Å². The van der Waals surface area contributed by atoms with Crippen LogP contribution >= 0.6 is 0 Å². The molecule has 1 aliphatic carbocycles. The Morgan fingerprint density at radius 2 is 2.04 bits per heavy atom. The largest absolute Gasteiger partial charge is 0.378 e. The fourth-order valence-corrected chi connectivity index (χ4v) is 3.64. The van der Waals surface area contributed by atoms with Gasteiger partial charge in [-0.05, 0) is 51.2 Å². The van der Waals surface area contributed by atoms with Gasteiger partial charge in [0.2, 0.25) is 0 Å². The first kappa shape index (κ1) is 21.5. The highest BCUT2D eigenvalue weighted by Gasteiger charge is 2.25. The van der Waals surface area contributed by atoms with Crippen LogP contribution < -0.4 is 15.5 Å². The van der Waals surface area contributed by atoms with Gasteiger partial charge in [0.15, 0.2) is 5.96 Å². The molecule has 1 aliphatic rings. The quantitative estimate of drug-likeness (QED) is 0.486. The standard InChI is InChI=1S/C21H37N5O/c1-5-22-21(24-16-18-12-9-13-20(25-18)26(3)4)23-15-14-19(27-6-2)17-10-7-8-11-17/h9,12-13,17,19H,5-8,10-11,14-16H2,1-4H3,(H2,22,23,24). The molecule has 0 radical (unpaired) electrons. The molecule has 1 unspecified atom stereocenters. The van der Waals surface area contributed by atoms with Crippen molar-refractivity contribution < 1.29 is 4.74 Å². The van der Waals surface area contributed by atoms with Crippen LogP contribution in [0.15, 0.2) is 23.2 Å². The maximum atomic E-state index is 6.02. The third-order valence-corrected chi connectivity index (χ3v) is 5.02. The minimum absolute atomic E-state index is 0.367. The zero-order valence-corrected chi connectivity index (χ0v) is 17.5. The number of anilines is 1. The monoisotopic (exact) mass is 375 g/mol. The summed E-state index contributed by atoms with van der Waals surface area (Å²) in [6.07, 6.45) is 6.72. The highest BCUT2D eigenvalue weighted by Crippen LogP contribution is 2.30. The molecule has 2 N–H and O–H groups in total. The lowest BCUT2D eigenvalue weighted by molar-refractivity contribution is 0.0169. The van der Waals surface area contributed by atoms with Gasteiger partial charge in [0.1, 0.15) is 5.82 Å². The fraction of sp³-hybridized carbons (Fsp3) is 0.714. The molecule has 0 bridgehead atoms. The molecule has 1 saturated carbocycles. The molecule has 1 atom stereocenters. The molecule has 0 amide bonds. The molecule has 152 valence electrons. The average molecular weight is 376 g/mol. The van der Waals surface area contributed by atoms with Crippen molar-refractivity contribution in [1.82, 2.24) is 15.6 Å². The number of aromatic nitrogens is 1. The molecule has 1 aromatic rings. The van der Waals surface area contributed by atoms with E-state index in [0.717, 1.165) is 49.5 Å². The summed E-state index contributed by atoms with van der Waals surface area (Å²) in [6, 6.07) is 6.06. The molecule has 2 rings (SSSR count). The van der Waals surface area contributed by atoms with Gasteiger partial charge in [-0.25, -0.2) is 9.98 Å². The molecule has 0 saturated heterocycles. The van der Waals surface area contributed by atoms with Gasteiger partial charge in [-0.3, -0.25) is 0 Å². The number of nitrogens with one attached hydrogen (secondary N) is 2. The van der Waals surface area contributed by atoms with Gasteiger partial charge in [-0.15, -0.1) is 0 Å². The van der Waals surface area contributed by atoms with Crippen LogP contribution in [-0.4, -0.2) is 50.8 Å². The van der Waals surface area contributed by atoms with Crippen molar-refractivity contribution in [2.75, 3.05) is 38.7 Å². The summed E-state index contributed by atoms with van der Waals surface area (Å²) in [5.74, 6) is 2.53. The van der Waals surface area contributed by atoms with Crippen molar-refractivity contribution in [3.05, 3.63) is 23.9 Å². The molecule has 0 aliphatic heterocycles. The van der Waals surface area contributed by atoms with Crippen molar-refractivity contribution in [3.63, 3.8) is 0 Å². The summed E-state index contributed by atoms with van der Waals surface area (Å²) in [5, 5.41) is 6.79. The van der Waals surface area contributed by atoms with Gasteiger partial charge in [0.05, 0.1) is 18.3 Å². The van der Waals surface area contributed by atoms with Gasteiger partial charge in [-0.2, -0.15) is 0 Å². The Balaban J connectivity index is 1.88. The summed E-state index contributed by atoms with van der Waals surface area (Å²) in [4.78, 5) is 11.3. The van der Waals surface area contributed by atoms with Crippen molar-refractivity contribution >= 4 is 11.8 Å². The number of hydrogen-bond donors (Lipinski definition) is 2. The molecular formula is C21H37N5O. The molecule has 27 heavy (non-hydrogen) atoms. The average Bonchev–Trinajstić information content (AvgIpc) is 3.20. The predicted molar refractivity (Wildman–Crippen MR) is 113 cm³/mol. The fourth-order valence-electron chi connectivity index (χ4n) is 3.64. The summed E-state index contributed by atoms with van der Waals surface area (Å²) in [7, 11) is 4.00. The molecule has 0 aromatic carbocycles. The van der Waals surface area contributed by atoms with Crippen molar-refractivity contribution in [2.45, 2.75) is 58.6 Å². The van der Waals surface area contributed by atoms with Gasteiger partial charge < -0.3 is 20.3 Å². The van der Waals surface area contributed by atoms with E-state index in [0.29, 0.717) is 12.6 Å². The molecule has 6 heteroatoms. The van der Waals surface area contributed by atoms with Crippen molar-refractivity contribution in [1.29, 1.82) is 0 Å². The second kappa shape index (κ2) is 11.8. The molecule has 1 aromatic heterocycles. The smallest absolute Gasteiger partial charge is 0.191 e. The van der Waals surface area contributed by atoms with Gasteiger partial charge in [-0.1, -0.05) is 18.9 Å². The van der Waals surface area contributed by atoms with Crippen molar-refractivity contribution in [3.8, 4) is 0 Å². The van der Waals surface area contributed by atoms with Crippen LogP contribution in [0, 0.1) is 5.92 Å². The van der Waals surface area contributed by atoms with Crippen LogP contribution in [0.3, 0.4) is 0 Å². The van der Waals surface area contributed by atoms with E-state index in [4.69, 9.17) is 9.73 Å². The van der Waals surface area contributed by atoms with Crippen LogP contribution in [0.5, 0.6) is 0 Å². The van der Waals surface area contributed by atoms with E-state index in [1.807, 2.05) is 37.2 Å². The Morgan fingerprint density at radius 3 is 2.70 bits per heavy atom. The van der Waals surface area contributed by atoms with Crippen LogP contribution in [0.2, 0.25) is 0 Å². The first-order valence-corrected chi connectivity index (χ1v) is 10.4. The Hall–Kier alpha value is -1.82. The van der Waals surface area contributed by atoms with Gasteiger partial charge in [0, 0.05) is 33.8 Å². The highest BCUT2D eigenvalue weighted by molar-refractivity contribution is 5.79. The molecule has 1 fully saturated rings. The van der Waals surface area contributed by atoms with E-state index in [1.54, 1.807) is 0 Å². The lowest BCUT2D eigenvalue weighted by Crippen LogP contribution is -2.39. The minimum atomic E-state index is 0.367. The summed E-state index contributed by atoms with van der Waals surface area (Å²) in [5.41, 5.74) is 0.969. The van der Waals surface area contributed by atoms with E-state index >= 15 is 0 Å². The zero-order chi connectivity index (χ0) is 19.5. The number of ether oxygens (including phenoxy) is 1. The second-order valence-electron chi connectivity index (χ2n) is 7.33. The molecule has 1 heterocycles. The third kappa shape index (κ3) is 7.37. The van der Waals surface area contributed by atoms with Crippen LogP contribution in [0.25, 0.3) is 0 Å². The van der Waals surface area contributed by atoms with E-state index < -0.39 is 0 Å². The maximum Gasteiger partial charge on any atom is 0.191 e. The Morgan fingerprint density at radius 1 is 1.26 bits per heavy atom. The second-order valence-corrected chi connectivity index (χ2v) is 7.33. The Kier molecular flexibility index (Phi) is 9.39. The SMILES string of the molecule is CCNC(=NCc1cccc(N(C)C)n1)NCCC(OCC)C1CCCC1. The minimum Gasteiger partial charge on any atom is -0.378 e. The summed E-state index contributed by atoms with van der Waals surface area (Å²) in [6.45, 7) is 7.25. The predicted octanol–water partition coefficient (Wildman–Crippen LogP) is 3.19. The number of rotatable bonds is 10. The van der Waals surface area contributed by atoms with E-state index in [2.05, 4.69) is 29.5 Å². The van der Waals surface area contributed by atoms with Gasteiger partial charge >= 0.3 is 0 Å². The third-order valence-electron chi connectivity index (χ3n) is 5.02. The Labute approximate surface area is 164 Å². The van der Waals surface area contributed by atoms with E-state index in [-0.39, 0.29) is 0 Å². The van der Waals surface area contributed by atoms with Crippen LogP contribution in [-0.2, 0) is 11.3 Å². The van der Waals surface area contributed by atoms with E-state index in [9.17, 15) is 0 Å². The number of guanidine groups is 1. The van der Waals surface area contributed by atoms with E-state index in [1.165, 1.54) is 25.7 Å². The Bertz CT molecular complexity index is 569. The lowest BCUT2D eigenvalue weighted by atomic mass is 9.98. The number of pyridine rings is 1. The molecule has 6 nitrogen and oxygen atoms in total. The summed E-state index contributed by atoms with van der Waals surface area (Å²) < 4.78 is 6.02. The van der Waals surface area contributed by atoms with Crippen molar-refractivity contribution in [2.24, 2.45) is 10.9 Å². The number of aliphatic imine (C=N–C) groups is 1. The zero-order valence-electron chi connectivity index (χ0n) is 17.5. The highest BCUT2D eigenvalue weighted by atomic mass is 16.5. The topological polar surface area (TPSA) is 61.8 Å². The van der Waals surface area contributed by atoms with Crippen LogP contribution in [0.1, 0.15) is 51.6 Å². The molecular weight excluding hydrogens is 338 g/mol. The summed E-state index contributed by atoms with van der Waals surface area (Å²) >= 11 is 0. The molecule has 0 spiro atoms. The lowest BCUT2D eigenvalue weighted by Gasteiger charge is -2.24. The maximum absolute atomic E-state index is 6.02.